The van der Waals surface area contributed by atoms with Crippen molar-refractivity contribution in [3.05, 3.63) is 35.3 Å². The van der Waals surface area contributed by atoms with Crippen LogP contribution in [0.5, 0.6) is 0 Å². The second kappa shape index (κ2) is 6.95. The first-order valence-electron chi connectivity index (χ1n) is 8.46. The topological polar surface area (TPSA) is 93.9 Å². The van der Waals surface area contributed by atoms with Crippen molar-refractivity contribution in [1.82, 2.24) is 4.90 Å². The second-order valence-electron chi connectivity index (χ2n) is 6.73. The zero-order valence-electron chi connectivity index (χ0n) is 15.2. The van der Waals surface area contributed by atoms with Gasteiger partial charge in [0.2, 0.25) is 5.76 Å². The van der Waals surface area contributed by atoms with Gasteiger partial charge in [0.1, 0.15) is 0 Å². The number of para-hydroxylation sites is 1. The highest BCUT2D eigenvalue weighted by molar-refractivity contribution is 7.91. The van der Waals surface area contributed by atoms with Crippen molar-refractivity contribution in [3.8, 4) is 0 Å². The number of fused-ring (bicyclic) bond motifs is 1. The number of sulfone groups is 1. The summed E-state index contributed by atoms with van der Waals surface area (Å²) in [5.41, 5.74) is 0.374. The molecule has 0 saturated carbocycles. The minimum Gasteiger partial charge on any atom is -0.447 e. The molecule has 0 unspecified atom stereocenters. The number of hydrogen-bond donors (Lipinski definition) is 0. The molecule has 7 nitrogen and oxygen atoms in total. The average Bonchev–Trinajstić information content (AvgIpc) is 3.14. The summed E-state index contributed by atoms with van der Waals surface area (Å²) in [5, 5.41) is 0.453. The molecule has 1 fully saturated rings. The highest BCUT2D eigenvalue weighted by atomic mass is 32.2. The van der Waals surface area contributed by atoms with Crippen molar-refractivity contribution in [2.45, 2.75) is 32.4 Å². The molecule has 0 radical (unpaired) electrons. The van der Waals surface area contributed by atoms with E-state index in [2.05, 4.69) is 0 Å². The molecule has 3 rings (SSSR count). The van der Waals surface area contributed by atoms with Gasteiger partial charge in [-0.1, -0.05) is 12.1 Å². The molecule has 2 atom stereocenters. The van der Waals surface area contributed by atoms with Gasteiger partial charge < -0.3 is 14.1 Å². The molecule has 1 aromatic heterocycles. The number of halogens is 1. The summed E-state index contributed by atoms with van der Waals surface area (Å²) in [4.78, 5) is 26.2. The predicted octanol–water partition coefficient (Wildman–Crippen LogP) is 2.07. The average molecular weight is 397 g/mol. The minimum absolute atomic E-state index is 0.0349. The molecule has 0 aliphatic carbocycles. The number of amides is 1. The molecule has 0 bridgehead atoms. The van der Waals surface area contributed by atoms with E-state index in [1.54, 1.807) is 13.0 Å². The van der Waals surface area contributed by atoms with Gasteiger partial charge in [-0.2, -0.15) is 0 Å². The molecule has 2 aromatic rings. The number of carbonyl (C=O) groups is 2. The number of furan rings is 1. The van der Waals surface area contributed by atoms with Gasteiger partial charge >= 0.3 is 5.97 Å². The molecular weight excluding hydrogens is 377 g/mol. The Morgan fingerprint density at radius 3 is 2.67 bits per heavy atom. The van der Waals surface area contributed by atoms with Crippen LogP contribution in [0.3, 0.4) is 0 Å². The number of hydrogen-bond acceptors (Lipinski definition) is 6. The first kappa shape index (κ1) is 19.3. The van der Waals surface area contributed by atoms with Crippen molar-refractivity contribution in [3.63, 3.8) is 0 Å². The number of nitrogens with zero attached hydrogens (tertiary/aromatic N) is 1. The quantitative estimate of drug-likeness (QED) is 0.733. The van der Waals surface area contributed by atoms with E-state index in [1.165, 1.54) is 31.0 Å². The van der Waals surface area contributed by atoms with E-state index in [1.807, 2.05) is 0 Å². The Labute approximate surface area is 156 Å². The standard InChI is InChI=1S/C18H20FNO6S/c1-10-13-5-4-6-14(19)16(13)26-15(10)18(22)25-11(2)17(21)20(3)12-7-8-27(23,24)9-12/h4-6,11-12H,7-9H2,1-3H3/t11-,12+/m1/s1. The van der Waals surface area contributed by atoms with Gasteiger partial charge in [0.25, 0.3) is 5.91 Å². The van der Waals surface area contributed by atoms with Gasteiger partial charge in [-0.25, -0.2) is 17.6 Å². The number of rotatable bonds is 4. The van der Waals surface area contributed by atoms with E-state index < -0.39 is 39.7 Å². The van der Waals surface area contributed by atoms with Crippen molar-refractivity contribution >= 4 is 32.7 Å². The van der Waals surface area contributed by atoms with Crippen LogP contribution in [0.25, 0.3) is 11.0 Å². The lowest BCUT2D eigenvalue weighted by Gasteiger charge is -2.26. The van der Waals surface area contributed by atoms with Crippen LogP contribution in [0.4, 0.5) is 4.39 Å². The summed E-state index contributed by atoms with van der Waals surface area (Å²) in [6, 6.07) is 3.91. The van der Waals surface area contributed by atoms with Crippen LogP contribution in [0, 0.1) is 12.7 Å². The maximum atomic E-state index is 13.8. The fraction of sp³-hybridized carbons (Fsp3) is 0.444. The molecule has 0 N–H and O–H groups in total. The van der Waals surface area contributed by atoms with Crippen LogP contribution in [-0.2, 0) is 19.4 Å². The maximum absolute atomic E-state index is 13.8. The largest absolute Gasteiger partial charge is 0.447 e. The zero-order chi connectivity index (χ0) is 19.9. The van der Waals surface area contributed by atoms with Crippen molar-refractivity contribution in [2.75, 3.05) is 18.6 Å². The number of carbonyl (C=O) groups excluding carboxylic acids is 2. The summed E-state index contributed by atoms with van der Waals surface area (Å²) < 4.78 is 47.5. The Morgan fingerprint density at radius 1 is 1.37 bits per heavy atom. The molecule has 1 aliphatic heterocycles. The Bertz CT molecular complexity index is 1010. The first-order valence-corrected chi connectivity index (χ1v) is 10.3. The fourth-order valence-corrected chi connectivity index (χ4v) is 4.99. The summed E-state index contributed by atoms with van der Waals surface area (Å²) in [6.45, 7) is 3.00. The smallest absolute Gasteiger partial charge is 0.375 e. The van der Waals surface area contributed by atoms with Gasteiger partial charge in [-0.3, -0.25) is 4.79 Å². The van der Waals surface area contributed by atoms with Crippen LogP contribution in [0.2, 0.25) is 0 Å². The van der Waals surface area contributed by atoms with E-state index >= 15 is 0 Å². The lowest BCUT2D eigenvalue weighted by molar-refractivity contribution is -0.140. The van der Waals surface area contributed by atoms with E-state index in [4.69, 9.17) is 9.15 Å². The molecular formula is C18H20FNO6S. The van der Waals surface area contributed by atoms with Crippen LogP contribution in [0.15, 0.2) is 22.6 Å². The number of benzene rings is 1. The highest BCUT2D eigenvalue weighted by Gasteiger charge is 2.35. The van der Waals surface area contributed by atoms with Gasteiger partial charge in [0.15, 0.2) is 27.3 Å². The molecule has 1 aromatic carbocycles. The SMILES string of the molecule is Cc1c(C(=O)O[C@H](C)C(=O)N(C)[C@H]2CCS(=O)(=O)C2)oc2c(F)cccc12. The predicted molar refractivity (Wildman–Crippen MR) is 95.6 cm³/mol. The number of likely N-dealkylation sites (N-methyl/N-ethyl adjacent to an activating group) is 1. The van der Waals surface area contributed by atoms with E-state index in [-0.39, 0.29) is 22.8 Å². The maximum Gasteiger partial charge on any atom is 0.375 e. The van der Waals surface area contributed by atoms with Gasteiger partial charge in [0.05, 0.1) is 11.5 Å². The van der Waals surface area contributed by atoms with Crippen molar-refractivity contribution < 1.29 is 31.6 Å². The minimum atomic E-state index is -3.14. The van der Waals surface area contributed by atoms with E-state index in [0.717, 1.165) is 0 Å². The molecule has 146 valence electrons. The Balaban J connectivity index is 1.73. The monoisotopic (exact) mass is 397 g/mol. The summed E-state index contributed by atoms with van der Waals surface area (Å²) in [5.74, 6) is -2.21. The van der Waals surface area contributed by atoms with Crippen molar-refractivity contribution in [1.29, 1.82) is 0 Å². The van der Waals surface area contributed by atoms with Gasteiger partial charge in [0, 0.05) is 24.0 Å². The number of esters is 1. The normalized spacial score (nSPS) is 19.8. The first-order chi connectivity index (χ1) is 12.6. The van der Waals surface area contributed by atoms with E-state index in [9.17, 15) is 22.4 Å². The summed E-state index contributed by atoms with van der Waals surface area (Å²) >= 11 is 0. The molecule has 0 spiro atoms. The lowest BCUT2D eigenvalue weighted by Crippen LogP contribution is -2.44. The third-order valence-corrected chi connectivity index (χ3v) is 6.59. The molecule has 27 heavy (non-hydrogen) atoms. The van der Waals surface area contributed by atoms with Crippen molar-refractivity contribution in [2.24, 2.45) is 0 Å². The van der Waals surface area contributed by atoms with Crippen LogP contribution >= 0.6 is 0 Å². The van der Waals surface area contributed by atoms with Gasteiger partial charge in [-0.05, 0) is 26.3 Å². The molecule has 1 amide bonds. The molecule has 9 heteroatoms. The molecule has 1 aliphatic rings. The fourth-order valence-electron chi connectivity index (χ4n) is 3.22. The van der Waals surface area contributed by atoms with Crippen LogP contribution in [0.1, 0.15) is 29.5 Å². The molecule has 2 heterocycles. The Hall–Kier alpha value is -2.42. The lowest BCUT2D eigenvalue weighted by atomic mass is 10.1. The highest BCUT2D eigenvalue weighted by Crippen LogP contribution is 2.28. The summed E-state index contributed by atoms with van der Waals surface area (Å²) in [7, 11) is -1.66. The Morgan fingerprint density at radius 2 is 2.07 bits per heavy atom. The third-order valence-electron chi connectivity index (χ3n) is 4.84. The third kappa shape index (κ3) is 3.69. The van der Waals surface area contributed by atoms with Gasteiger partial charge in [-0.15, -0.1) is 0 Å². The van der Waals surface area contributed by atoms with Crippen LogP contribution < -0.4 is 0 Å². The summed E-state index contributed by atoms with van der Waals surface area (Å²) in [6.07, 6.45) is -0.782. The number of ether oxygens (including phenoxy) is 1. The zero-order valence-corrected chi connectivity index (χ0v) is 16.0. The number of aryl methyl sites for hydroxylation is 1. The van der Waals surface area contributed by atoms with Crippen LogP contribution in [-0.4, -0.2) is 55.9 Å². The molecule has 1 saturated heterocycles. The Kier molecular flexibility index (Phi) is 4.98. The second-order valence-corrected chi connectivity index (χ2v) is 8.95. The van der Waals surface area contributed by atoms with E-state index in [0.29, 0.717) is 17.4 Å².